The van der Waals surface area contributed by atoms with Crippen LogP contribution in [0.2, 0.25) is 0 Å². The minimum Gasteiger partial charge on any atom is -0.356 e. The molecule has 0 N–H and O–H groups in total. The van der Waals surface area contributed by atoms with Crippen molar-refractivity contribution in [1.29, 1.82) is 0 Å². The Balaban J connectivity index is 1.60. The highest BCUT2D eigenvalue weighted by molar-refractivity contribution is 9.10. The topological polar surface area (TPSA) is 52.6 Å². The second-order valence-corrected chi connectivity index (χ2v) is 7.13. The summed E-state index contributed by atoms with van der Waals surface area (Å²) in [4.78, 5) is 18.9. The Morgan fingerprint density at radius 1 is 1.08 bits per heavy atom. The van der Waals surface area contributed by atoms with Gasteiger partial charge in [0.05, 0.1) is 0 Å². The summed E-state index contributed by atoms with van der Waals surface area (Å²) in [6.45, 7) is 8.96. The summed E-state index contributed by atoms with van der Waals surface area (Å²) < 4.78 is 0.922. The van der Waals surface area contributed by atoms with Crippen molar-refractivity contribution in [3.63, 3.8) is 0 Å². The van der Waals surface area contributed by atoms with Crippen LogP contribution in [0.3, 0.4) is 0 Å². The number of halogens is 1. The van der Waals surface area contributed by atoms with Crippen LogP contribution in [-0.2, 0) is 0 Å². The van der Waals surface area contributed by atoms with Crippen molar-refractivity contribution in [1.82, 2.24) is 15.1 Å². The number of hydrogen-bond acceptors (Lipinski definition) is 5. The van der Waals surface area contributed by atoms with Crippen LogP contribution in [0.1, 0.15) is 24.2 Å². The molecular formula is C19H24BrN5O. The van der Waals surface area contributed by atoms with Gasteiger partial charge in [-0.25, -0.2) is 0 Å². The van der Waals surface area contributed by atoms with Gasteiger partial charge < -0.3 is 14.7 Å². The molecule has 3 rings (SSSR count). The van der Waals surface area contributed by atoms with Crippen LogP contribution in [0.15, 0.2) is 40.9 Å². The number of carbonyl (C=O) groups is 1. The number of piperazine rings is 1. The van der Waals surface area contributed by atoms with Crippen molar-refractivity contribution in [3.05, 3.63) is 46.4 Å². The van der Waals surface area contributed by atoms with Crippen molar-refractivity contribution < 1.29 is 4.79 Å². The van der Waals surface area contributed by atoms with Crippen LogP contribution in [0.5, 0.6) is 0 Å². The molecule has 0 bridgehead atoms. The number of amides is 1. The zero-order chi connectivity index (χ0) is 18.5. The Hall–Kier alpha value is -2.15. The lowest BCUT2D eigenvalue weighted by atomic mass is 10.2. The molecule has 1 saturated heterocycles. The summed E-state index contributed by atoms with van der Waals surface area (Å²) >= 11 is 3.42. The molecule has 0 aliphatic carbocycles. The zero-order valence-corrected chi connectivity index (χ0v) is 16.8. The van der Waals surface area contributed by atoms with Gasteiger partial charge >= 0.3 is 0 Å². The van der Waals surface area contributed by atoms with E-state index in [0.29, 0.717) is 13.1 Å². The fourth-order valence-corrected chi connectivity index (χ4v) is 3.55. The van der Waals surface area contributed by atoms with E-state index in [0.717, 1.165) is 47.9 Å². The van der Waals surface area contributed by atoms with Crippen molar-refractivity contribution in [2.75, 3.05) is 49.1 Å². The third kappa shape index (κ3) is 4.15. The molecule has 6 nitrogen and oxygen atoms in total. The Morgan fingerprint density at radius 3 is 2.38 bits per heavy atom. The van der Waals surface area contributed by atoms with Crippen LogP contribution in [-0.4, -0.2) is 60.3 Å². The normalized spacial score (nSPS) is 14.4. The minimum atomic E-state index is 0.0777. The molecule has 26 heavy (non-hydrogen) atoms. The lowest BCUT2D eigenvalue weighted by Gasteiger charge is -2.35. The maximum Gasteiger partial charge on any atom is 0.254 e. The van der Waals surface area contributed by atoms with Crippen LogP contribution in [0.25, 0.3) is 0 Å². The SMILES string of the molecule is CCN(CC)c1ccc(N2CCN(C(=O)c3cccc(Br)c3)CC2)nn1. The molecule has 2 aromatic rings. The van der Waals surface area contributed by atoms with E-state index in [2.05, 4.69) is 49.8 Å². The molecule has 1 aromatic carbocycles. The standard InChI is InChI=1S/C19H24BrN5O/c1-3-23(4-2)17-8-9-18(22-21-17)24-10-12-25(13-11-24)19(26)15-6-5-7-16(20)14-15/h5-9,14H,3-4,10-13H2,1-2H3. The van der Waals surface area contributed by atoms with E-state index >= 15 is 0 Å². The number of anilines is 2. The van der Waals surface area contributed by atoms with Gasteiger partial charge in [0.2, 0.25) is 0 Å². The zero-order valence-electron chi connectivity index (χ0n) is 15.2. The monoisotopic (exact) mass is 417 g/mol. The number of nitrogens with zero attached hydrogens (tertiary/aromatic N) is 5. The van der Waals surface area contributed by atoms with Gasteiger partial charge in [0.25, 0.3) is 5.91 Å². The number of carbonyl (C=O) groups excluding carboxylic acids is 1. The molecule has 1 aliphatic rings. The third-order valence-electron chi connectivity index (χ3n) is 4.69. The quantitative estimate of drug-likeness (QED) is 0.747. The van der Waals surface area contributed by atoms with Crippen molar-refractivity contribution >= 4 is 33.5 Å². The maximum atomic E-state index is 12.6. The number of hydrogen-bond donors (Lipinski definition) is 0. The van der Waals surface area contributed by atoms with E-state index < -0.39 is 0 Å². The van der Waals surface area contributed by atoms with Crippen LogP contribution >= 0.6 is 15.9 Å². The Bertz CT molecular complexity index is 740. The molecular weight excluding hydrogens is 394 g/mol. The molecule has 138 valence electrons. The lowest BCUT2D eigenvalue weighted by Crippen LogP contribution is -2.49. The Kier molecular flexibility index (Phi) is 6.08. The van der Waals surface area contributed by atoms with Crippen LogP contribution < -0.4 is 9.80 Å². The first-order valence-corrected chi connectivity index (χ1v) is 9.80. The van der Waals surface area contributed by atoms with Gasteiger partial charge in [-0.1, -0.05) is 22.0 Å². The molecule has 7 heteroatoms. The van der Waals surface area contributed by atoms with Gasteiger partial charge in [-0.05, 0) is 44.2 Å². The summed E-state index contributed by atoms with van der Waals surface area (Å²) in [5, 5.41) is 8.74. The minimum absolute atomic E-state index is 0.0777. The second kappa shape index (κ2) is 8.49. The molecule has 0 spiro atoms. The smallest absolute Gasteiger partial charge is 0.254 e. The largest absolute Gasteiger partial charge is 0.356 e. The molecule has 0 atom stereocenters. The first-order valence-electron chi connectivity index (χ1n) is 9.00. The Labute approximate surface area is 162 Å². The fraction of sp³-hybridized carbons (Fsp3) is 0.421. The fourth-order valence-electron chi connectivity index (χ4n) is 3.15. The lowest BCUT2D eigenvalue weighted by molar-refractivity contribution is 0.0746. The van der Waals surface area contributed by atoms with Crippen molar-refractivity contribution in [2.45, 2.75) is 13.8 Å². The molecule has 1 aliphatic heterocycles. The average Bonchev–Trinajstić information content (AvgIpc) is 2.69. The van der Waals surface area contributed by atoms with E-state index in [4.69, 9.17) is 0 Å². The highest BCUT2D eigenvalue weighted by Gasteiger charge is 2.23. The van der Waals surface area contributed by atoms with Gasteiger partial charge in [0.15, 0.2) is 11.6 Å². The first-order chi connectivity index (χ1) is 12.6. The Morgan fingerprint density at radius 2 is 1.81 bits per heavy atom. The highest BCUT2D eigenvalue weighted by atomic mass is 79.9. The summed E-state index contributed by atoms with van der Waals surface area (Å²) in [6.07, 6.45) is 0. The predicted octanol–water partition coefficient (Wildman–Crippen LogP) is 3.05. The molecule has 0 unspecified atom stereocenters. The number of rotatable bonds is 5. The summed E-state index contributed by atoms with van der Waals surface area (Å²) in [5.74, 6) is 1.85. The maximum absolute atomic E-state index is 12.6. The van der Waals surface area contributed by atoms with Crippen molar-refractivity contribution in [2.24, 2.45) is 0 Å². The van der Waals surface area contributed by atoms with Gasteiger partial charge in [-0.2, -0.15) is 0 Å². The molecule has 1 amide bonds. The highest BCUT2D eigenvalue weighted by Crippen LogP contribution is 2.18. The molecule has 0 radical (unpaired) electrons. The first kappa shape index (κ1) is 18.6. The van der Waals surface area contributed by atoms with E-state index in [1.165, 1.54) is 0 Å². The molecule has 2 heterocycles. The van der Waals surface area contributed by atoms with E-state index in [9.17, 15) is 4.79 Å². The predicted molar refractivity (Wildman–Crippen MR) is 108 cm³/mol. The second-order valence-electron chi connectivity index (χ2n) is 6.21. The van der Waals surface area contributed by atoms with Crippen LogP contribution in [0.4, 0.5) is 11.6 Å². The average molecular weight is 418 g/mol. The van der Waals surface area contributed by atoms with E-state index in [1.54, 1.807) is 0 Å². The molecule has 0 saturated carbocycles. The number of aromatic nitrogens is 2. The van der Waals surface area contributed by atoms with Gasteiger partial charge in [0.1, 0.15) is 0 Å². The van der Waals surface area contributed by atoms with Crippen molar-refractivity contribution in [3.8, 4) is 0 Å². The van der Waals surface area contributed by atoms with Gasteiger partial charge in [-0.15, -0.1) is 10.2 Å². The van der Waals surface area contributed by atoms with Gasteiger partial charge in [0, 0.05) is 49.3 Å². The van der Waals surface area contributed by atoms with E-state index in [-0.39, 0.29) is 5.91 Å². The van der Waals surface area contributed by atoms with Crippen LogP contribution in [0, 0.1) is 0 Å². The molecule has 1 fully saturated rings. The molecule has 1 aromatic heterocycles. The summed E-state index contributed by atoms with van der Waals surface area (Å²) in [5.41, 5.74) is 0.719. The van der Waals surface area contributed by atoms with Gasteiger partial charge in [-0.3, -0.25) is 4.79 Å². The third-order valence-corrected chi connectivity index (χ3v) is 5.18. The summed E-state index contributed by atoms with van der Waals surface area (Å²) in [7, 11) is 0. The number of benzene rings is 1. The summed E-state index contributed by atoms with van der Waals surface area (Å²) in [6, 6.07) is 11.6. The van der Waals surface area contributed by atoms with E-state index in [1.807, 2.05) is 41.3 Å².